The Hall–Kier alpha value is -3.07. The van der Waals surface area contributed by atoms with E-state index in [9.17, 15) is 18.0 Å². The van der Waals surface area contributed by atoms with Gasteiger partial charge in [0.15, 0.2) is 0 Å². The van der Waals surface area contributed by atoms with Crippen LogP contribution in [-0.4, -0.2) is 39.1 Å². The SMILES string of the molecule is CC(=O)Nc1ccc(NS(C)(=O)=O)c(C(=O)NCCc2ccc(OC(C)C)cc2)c1. The molecule has 2 aromatic carbocycles. The Balaban J connectivity index is 2.07. The predicted octanol–water partition coefficient (Wildman–Crippen LogP) is 2.78. The number of hydrogen-bond acceptors (Lipinski definition) is 5. The van der Waals surface area contributed by atoms with Crippen molar-refractivity contribution in [2.45, 2.75) is 33.3 Å². The number of nitrogens with one attached hydrogen (secondary N) is 3. The number of anilines is 2. The van der Waals surface area contributed by atoms with Crippen LogP contribution in [0.2, 0.25) is 0 Å². The van der Waals surface area contributed by atoms with Crippen LogP contribution in [0.25, 0.3) is 0 Å². The standard InChI is InChI=1S/C21H27N3O5S/c1-14(2)29-18-8-5-16(6-9-18)11-12-22-21(26)19-13-17(23-15(3)25)7-10-20(19)24-30(4,27)28/h5-10,13-14,24H,11-12H2,1-4H3,(H,22,26)(H,23,25). The maximum atomic E-state index is 12.7. The van der Waals surface area contributed by atoms with Gasteiger partial charge in [0.2, 0.25) is 15.9 Å². The van der Waals surface area contributed by atoms with Crippen LogP contribution in [0, 0.1) is 0 Å². The van der Waals surface area contributed by atoms with E-state index in [0.717, 1.165) is 17.6 Å². The topological polar surface area (TPSA) is 114 Å². The van der Waals surface area contributed by atoms with Crippen molar-refractivity contribution in [1.82, 2.24) is 5.32 Å². The van der Waals surface area contributed by atoms with Crippen molar-refractivity contribution in [2.75, 3.05) is 22.8 Å². The molecule has 9 heteroatoms. The third-order valence-electron chi connectivity index (χ3n) is 3.87. The van der Waals surface area contributed by atoms with E-state index in [2.05, 4.69) is 15.4 Å². The third-order valence-corrected chi connectivity index (χ3v) is 4.46. The molecular weight excluding hydrogens is 406 g/mol. The fraction of sp³-hybridized carbons (Fsp3) is 0.333. The van der Waals surface area contributed by atoms with Gasteiger partial charge in [0, 0.05) is 19.2 Å². The van der Waals surface area contributed by atoms with Crippen LogP contribution in [0.5, 0.6) is 5.75 Å². The molecular formula is C21H27N3O5S. The second kappa shape index (κ2) is 10.1. The molecule has 2 rings (SSSR count). The molecule has 0 saturated heterocycles. The van der Waals surface area contributed by atoms with Gasteiger partial charge < -0.3 is 15.4 Å². The van der Waals surface area contributed by atoms with E-state index in [0.29, 0.717) is 18.7 Å². The average Bonchev–Trinajstić information content (AvgIpc) is 2.62. The summed E-state index contributed by atoms with van der Waals surface area (Å²) in [4.78, 5) is 24.0. The van der Waals surface area contributed by atoms with E-state index in [1.165, 1.54) is 25.1 Å². The largest absolute Gasteiger partial charge is 0.491 e. The zero-order chi connectivity index (χ0) is 22.3. The molecule has 0 radical (unpaired) electrons. The highest BCUT2D eigenvalue weighted by molar-refractivity contribution is 7.92. The monoisotopic (exact) mass is 433 g/mol. The smallest absolute Gasteiger partial charge is 0.253 e. The van der Waals surface area contributed by atoms with E-state index in [1.807, 2.05) is 38.1 Å². The summed E-state index contributed by atoms with van der Waals surface area (Å²) in [5.74, 6) is 0.0345. The molecule has 2 aromatic rings. The second-order valence-electron chi connectivity index (χ2n) is 7.13. The normalized spacial score (nSPS) is 11.1. The van der Waals surface area contributed by atoms with Crippen molar-refractivity contribution in [1.29, 1.82) is 0 Å². The number of hydrogen-bond donors (Lipinski definition) is 3. The van der Waals surface area contributed by atoms with Crippen molar-refractivity contribution < 1.29 is 22.7 Å². The van der Waals surface area contributed by atoms with E-state index < -0.39 is 15.9 Å². The minimum atomic E-state index is -3.57. The van der Waals surface area contributed by atoms with Gasteiger partial charge in [0.25, 0.3) is 5.91 Å². The van der Waals surface area contributed by atoms with Crippen molar-refractivity contribution >= 4 is 33.2 Å². The van der Waals surface area contributed by atoms with Crippen LogP contribution in [-0.2, 0) is 21.2 Å². The van der Waals surface area contributed by atoms with Crippen molar-refractivity contribution in [3.63, 3.8) is 0 Å². The first-order valence-corrected chi connectivity index (χ1v) is 11.4. The fourth-order valence-corrected chi connectivity index (χ4v) is 3.30. The number of carbonyl (C=O) groups excluding carboxylic acids is 2. The summed E-state index contributed by atoms with van der Waals surface area (Å²) in [6.45, 7) is 5.61. The number of rotatable bonds is 9. The van der Waals surface area contributed by atoms with Gasteiger partial charge in [0.05, 0.1) is 23.6 Å². The Labute approximate surface area is 177 Å². The lowest BCUT2D eigenvalue weighted by Gasteiger charge is -2.13. The van der Waals surface area contributed by atoms with Crippen LogP contribution in [0.1, 0.15) is 36.7 Å². The van der Waals surface area contributed by atoms with Gasteiger partial charge >= 0.3 is 0 Å². The summed E-state index contributed by atoms with van der Waals surface area (Å²) < 4.78 is 31.1. The van der Waals surface area contributed by atoms with Gasteiger partial charge in [-0.15, -0.1) is 0 Å². The number of amides is 2. The number of carbonyl (C=O) groups is 2. The Kier molecular flexibility index (Phi) is 7.82. The summed E-state index contributed by atoms with van der Waals surface area (Å²) in [5.41, 5.74) is 1.67. The zero-order valence-corrected chi connectivity index (χ0v) is 18.3. The van der Waals surface area contributed by atoms with Crippen LogP contribution >= 0.6 is 0 Å². The van der Waals surface area contributed by atoms with Crippen LogP contribution in [0.4, 0.5) is 11.4 Å². The lowest BCUT2D eigenvalue weighted by atomic mass is 10.1. The van der Waals surface area contributed by atoms with Gasteiger partial charge in [0.1, 0.15) is 5.75 Å². The Morgan fingerprint density at radius 2 is 1.73 bits per heavy atom. The molecule has 0 spiro atoms. The van der Waals surface area contributed by atoms with Gasteiger partial charge in [-0.05, 0) is 56.2 Å². The van der Waals surface area contributed by atoms with Gasteiger partial charge in [-0.25, -0.2) is 8.42 Å². The average molecular weight is 434 g/mol. The summed E-state index contributed by atoms with van der Waals surface area (Å²) >= 11 is 0. The summed E-state index contributed by atoms with van der Waals surface area (Å²) in [6.07, 6.45) is 1.69. The number of sulfonamides is 1. The number of ether oxygens (including phenoxy) is 1. The first kappa shape index (κ1) is 23.2. The first-order chi connectivity index (χ1) is 14.0. The number of benzene rings is 2. The molecule has 0 heterocycles. The molecule has 0 atom stereocenters. The maximum Gasteiger partial charge on any atom is 0.253 e. The molecule has 0 aliphatic heterocycles. The molecule has 0 aliphatic carbocycles. The van der Waals surface area contributed by atoms with Crippen LogP contribution < -0.4 is 20.1 Å². The molecule has 0 saturated carbocycles. The lowest BCUT2D eigenvalue weighted by molar-refractivity contribution is -0.114. The molecule has 162 valence electrons. The van der Waals surface area contributed by atoms with Gasteiger partial charge in [-0.2, -0.15) is 0 Å². The molecule has 0 fully saturated rings. The van der Waals surface area contributed by atoms with Gasteiger partial charge in [-0.3, -0.25) is 14.3 Å². The third kappa shape index (κ3) is 7.75. The van der Waals surface area contributed by atoms with E-state index in [1.54, 1.807) is 0 Å². The minimum absolute atomic E-state index is 0.0955. The van der Waals surface area contributed by atoms with E-state index >= 15 is 0 Å². The van der Waals surface area contributed by atoms with Crippen molar-refractivity contribution in [3.8, 4) is 5.75 Å². The predicted molar refractivity (Wildman–Crippen MR) is 117 cm³/mol. The highest BCUT2D eigenvalue weighted by Crippen LogP contribution is 2.22. The quantitative estimate of drug-likeness (QED) is 0.563. The highest BCUT2D eigenvalue weighted by Gasteiger charge is 2.15. The highest BCUT2D eigenvalue weighted by atomic mass is 32.2. The van der Waals surface area contributed by atoms with Crippen molar-refractivity contribution in [2.24, 2.45) is 0 Å². The van der Waals surface area contributed by atoms with Crippen molar-refractivity contribution in [3.05, 3.63) is 53.6 Å². The molecule has 0 unspecified atom stereocenters. The molecule has 0 bridgehead atoms. The Bertz CT molecular complexity index is 1000. The van der Waals surface area contributed by atoms with E-state index in [4.69, 9.17) is 4.74 Å². The summed E-state index contributed by atoms with van der Waals surface area (Å²) in [5, 5.41) is 5.37. The molecule has 30 heavy (non-hydrogen) atoms. The summed E-state index contributed by atoms with van der Waals surface area (Å²) in [7, 11) is -3.57. The molecule has 2 amide bonds. The zero-order valence-electron chi connectivity index (χ0n) is 17.5. The Morgan fingerprint density at radius 3 is 2.30 bits per heavy atom. The molecule has 0 aromatic heterocycles. The van der Waals surface area contributed by atoms with E-state index in [-0.39, 0.29) is 23.3 Å². The first-order valence-electron chi connectivity index (χ1n) is 9.46. The summed E-state index contributed by atoms with van der Waals surface area (Å²) in [6, 6.07) is 12.0. The fourth-order valence-electron chi connectivity index (χ4n) is 2.72. The Morgan fingerprint density at radius 1 is 1.07 bits per heavy atom. The van der Waals surface area contributed by atoms with Crippen LogP contribution in [0.15, 0.2) is 42.5 Å². The molecule has 8 nitrogen and oxygen atoms in total. The maximum absolute atomic E-state index is 12.7. The minimum Gasteiger partial charge on any atom is -0.491 e. The molecule has 3 N–H and O–H groups in total. The molecule has 0 aliphatic rings. The lowest BCUT2D eigenvalue weighted by Crippen LogP contribution is -2.27. The van der Waals surface area contributed by atoms with Gasteiger partial charge in [-0.1, -0.05) is 12.1 Å². The van der Waals surface area contributed by atoms with Crippen LogP contribution in [0.3, 0.4) is 0 Å². The second-order valence-corrected chi connectivity index (χ2v) is 8.88.